The lowest BCUT2D eigenvalue weighted by atomic mass is 10.3. The molecule has 3 heterocycles. The molecule has 7 heteroatoms. The van der Waals surface area contributed by atoms with Crippen LogP contribution in [-0.4, -0.2) is 25.2 Å². The molecule has 2 aromatic carbocycles. The topological polar surface area (TPSA) is 64.7 Å². The van der Waals surface area contributed by atoms with Crippen molar-refractivity contribution in [3.05, 3.63) is 77.1 Å². The summed E-state index contributed by atoms with van der Waals surface area (Å²) in [4.78, 5) is 19.2. The lowest BCUT2D eigenvalue weighted by Gasteiger charge is -2.07. The SMILES string of the molecule is CCn1c(CNC(=O)c2cc3c(C)nn(-c4ccccc4)c3s2)nc2ccccc21. The number of imidazole rings is 1. The number of fused-ring (bicyclic) bond motifs is 2. The maximum atomic E-state index is 12.9. The summed E-state index contributed by atoms with van der Waals surface area (Å²) < 4.78 is 4.04. The fraction of sp³-hybridized carbons (Fsp3) is 0.174. The van der Waals surface area contributed by atoms with Crippen molar-refractivity contribution in [1.29, 1.82) is 0 Å². The molecule has 150 valence electrons. The highest BCUT2D eigenvalue weighted by Crippen LogP contribution is 2.30. The maximum absolute atomic E-state index is 12.9. The van der Waals surface area contributed by atoms with E-state index in [0.29, 0.717) is 11.4 Å². The molecule has 6 nitrogen and oxygen atoms in total. The van der Waals surface area contributed by atoms with Crippen LogP contribution in [0.4, 0.5) is 0 Å². The molecule has 5 rings (SSSR count). The molecule has 3 aromatic heterocycles. The molecular weight excluding hydrogens is 394 g/mol. The van der Waals surface area contributed by atoms with Crippen LogP contribution in [0.5, 0.6) is 0 Å². The van der Waals surface area contributed by atoms with E-state index in [2.05, 4.69) is 33.0 Å². The molecule has 1 N–H and O–H groups in total. The van der Waals surface area contributed by atoms with E-state index in [1.165, 1.54) is 11.3 Å². The predicted octanol–water partition coefficient (Wildman–Crippen LogP) is 4.70. The van der Waals surface area contributed by atoms with E-state index < -0.39 is 0 Å². The number of benzene rings is 2. The Morgan fingerprint density at radius 1 is 1.10 bits per heavy atom. The molecule has 0 aliphatic heterocycles. The van der Waals surface area contributed by atoms with Crippen molar-refractivity contribution in [2.45, 2.75) is 26.9 Å². The van der Waals surface area contributed by atoms with E-state index in [1.807, 2.05) is 66.2 Å². The Balaban J connectivity index is 1.42. The second-order valence-electron chi connectivity index (χ2n) is 7.11. The highest BCUT2D eigenvalue weighted by Gasteiger charge is 2.18. The summed E-state index contributed by atoms with van der Waals surface area (Å²) in [6.45, 7) is 5.25. The van der Waals surface area contributed by atoms with E-state index in [-0.39, 0.29) is 5.91 Å². The summed E-state index contributed by atoms with van der Waals surface area (Å²) in [5.74, 6) is 0.768. The summed E-state index contributed by atoms with van der Waals surface area (Å²) in [5.41, 5.74) is 3.94. The van der Waals surface area contributed by atoms with Gasteiger partial charge in [-0.1, -0.05) is 30.3 Å². The van der Waals surface area contributed by atoms with Gasteiger partial charge >= 0.3 is 0 Å². The van der Waals surface area contributed by atoms with E-state index in [9.17, 15) is 4.79 Å². The Kier molecular flexibility index (Phi) is 4.59. The van der Waals surface area contributed by atoms with Crippen LogP contribution in [-0.2, 0) is 13.1 Å². The Labute approximate surface area is 177 Å². The van der Waals surface area contributed by atoms with Gasteiger partial charge in [-0.3, -0.25) is 4.79 Å². The second-order valence-corrected chi connectivity index (χ2v) is 8.14. The molecule has 0 spiro atoms. The van der Waals surface area contributed by atoms with Gasteiger partial charge in [0.05, 0.1) is 33.8 Å². The molecule has 0 unspecified atom stereocenters. The van der Waals surface area contributed by atoms with Gasteiger partial charge in [0.2, 0.25) is 0 Å². The van der Waals surface area contributed by atoms with E-state index in [4.69, 9.17) is 0 Å². The molecule has 0 aliphatic rings. The normalized spacial score (nSPS) is 11.4. The number of thiophene rings is 1. The summed E-state index contributed by atoms with van der Waals surface area (Å²) in [6.07, 6.45) is 0. The molecule has 30 heavy (non-hydrogen) atoms. The summed E-state index contributed by atoms with van der Waals surface area (Å²) >= 11 is 1.46. The maximum Gasteiger partial charge on any atom is 0.261 e. The van der Waals surface area contributed by atoms with E-state index in [1.54, 1.807) is 0 Å². The highest BCUT2D eigenvalue weighted by molar-refractivity contribution is 7.20. The standard InChI is InChI=1S/C23H21N5OS/c1-3-27-19-12-8-7-11-18(19)25-21(27)14-24-22(29)20-13-17-15(2)26-28(23(17)30-20)16-9-5-4-6-10-16/h4-13H,3,14H2,1-2H3,(H,24,29). The van der Waals surface area contributed by atoms with Crippen LogP contribution in [0.3, 0.4) is 0 Å². The van der Waals surface area contributed by atoms with Gasteiger partial charge in [0.1, 0.15) is 10.7 Å². The van der Waals surface area contributed by atoms with Crippen LogP contribution in [0.1, 0.15) is 28.1 Å². The number of aromatic nitrogens is 4. The number of para-hydroxylation sites is 3. The average Bonchev–Trinajstić information content (AvgIpc) is 3.45. The third-order valence-corrected chi connectivity index (χ3v) is 6.34. The van der Waals surface area contributed by atoms with Crippen molar-refractivity contribution < 1.29 is 4.79 Å². The molecular formula is C23H21N5OS. The third-order valence-electron chi connectivity index (χ3n) is 5.23. The van der Waals surface area contributed by atoms with Crippen LogP contribution in [0, 0.1) is 6.92 Å². The third kappa shape index (κ3) is 3.07. The molecule has 0 radical (unpaired) electrons. The Morgan fingerprint density at radius 2 is 1.87 bits per heavy atom. The minimum Gasteiger partial charge on any atom is -0.344 e. The Morgan fingerprint density at radius 3 is 2.67 bits per heavy atom. The van der Waals surface area contributed by atoms with Crippen LogP contribution < -0.4 is 5.32 Å². The fourth-order valence-corrected chi connectivity index (χ4v) is 4.86. The zero-order valence-electron chi connectivity index (χ0n) is 16.8. The lowest BCUT2D eigenvalue weighted by molar-refractivity contribution is 0.0953. The molecule has 0 saturated heterocycles. The van der Waals surface area contributed by atoms with Crippen molar-refractivity contribution in [3.63, 3.8) is 0 Å². The minimum atomic E-state index is -0.0927. The summed E-state index contributed by atoms with van der Waals surface area (Å²) in [6, 6.07) is 20.0. The van der Waals surface area contributed by atoms with Crippen molar-refractivity contribution in [1.82, 2.24) is 24.6 Å². The minimum absolute atomic E-state index is 0.0927. The van der Waals surface area contributed by atoms with Gasteiger partial charge in [0.15, 0.2) is 0 Å². The van der Waals surface area contributed by atoms with Crippen molar-refractivity contribution in [2.24, 2.45) is 0 Å². The molecule has 0 bridgehead atoms. The van der Waals surface area contributed by atoms with Crippen LogP contribution in [0.15, 0.2) is 60.7 Å². The number of rotatable bonds is 5. The van der Waals surface area contributed by atoms with Crippen molar-refractivity contribution in [2.75, 3.05) is 0 Å². The number of aryl methyl sites for hydroxylation is 2. The van der Waals surface area contributed by atoms with Crippen LogP contribution >= 0.6 is 11.3 Å². The number of amides is 1. The van der Waals surface area contributed by atoms with Gasteiger partial charge in [-0.15, -0.1) is 11.3 Å². The quantitative estimate of drug-likeness (QED) is 0.453. The number of carbonyl (C=O) groups is 1. The van der Waals surface area contributed by atoms with Crippen LogP contribution in [0.25, 0.3) is 26.9 Å². The lowest BCUT2D eigenvalue weighted by Crippen LogP contribution is -2.23. The first-order chi connectivity index (χ1) is 14.7. The fourth-order valence-electron chi connectivity index (χ4n) is 3.76. The first kappa shape index (κ1) is 18.6. The molecule has 5 aromatic rings. The predicted molar refractivity (Wildman–Crippen MR) is 120 cm³/mol. The van der Waals surface area contributed by atoms with E-state index in [0.717, 1.165) is 45.0 Å². The molecule has 0 atom stereocenters. The van der Waals surface area contributed by atoms with Gasteiger partial charge in [-0.05, 0) is 44.2 Å². The number of nitrogens with zero attached hydrogens (tertiary/aromatic N) is 4. The molecule has 0 saturated carbocycles. The average molecular weight is 416 g/mol. The van der Waals surface area contributed by atoms with Crippen molar-refractivity contribution >= 4 is 38.5 Å². The largest absolute Gasteiger partial charge is 0.344 e. The number of carbonyl (C=O) groups excluding carboxylic acids is 1. The number of nitrogens with one attached hydrogen (secondary N) is 1. The smallest absolute Gasteiger partial charge is 0.261 e. The Bertz CT molecular complexity index is 1360. The van der Waals surface area contributed by atoms with Gasteiger partial charge in [0, 0.05) is 11.9 Å². The van der Waals surface area contributed by atoms with E-state index >= 15 is 0 Å². The zero-order chi connectivity index (χ0) is 20.7. The summed E-state index contributed by atoms with van der Waals surface area (Å²) in [5, 5.41) is 8.69. The van der Waals surface area contributed by atoms with Gasteiger partial charge in [0.25, 0.3) is 5.91 Å². The first-order valence-electron chi connectivity index (χ1n) is 9.92. The highest BCUT2D eigenvalue weighted by atomic mass is 32.1. The number of hydrogen-bond acceptors (Lipinski definition) is 4. The first-order valence-corrected chi connectivity index (χ1v) is 10.7. The summed E-state index contributed by atoms with van der Waals surface area (Å²) in [7, 11) is 0. The van der Waals surface area contributed by atoms with Crippen LogP contribution in [0.2, 0.25) is 0 Å². The van der Waals surface area contributed by atoms with Gasteiger partial charge in [-0.2, -0.15) is 5.10 Å². The molecule has 0 aliphatic carbocycles. The monoisotopic (exact) mass is 415 g/mol. The van der Waals surface area contributed by atoms with Crippen molar-refractivity contribution in [3.8, 4) is 5.69 Å². The molecule has 0 fully saturated rings. The Hall–Kier alpha value is -3.45. The molecule has 1 amide bonds. The second kappa shape index (κ2) is 7.42. The zero-order valence-corrected chi connectivity index (χ0v) is 17.6. The van der Waals surface area contributed by atoms with Gasteiger partial charge in [-0.25, -0.2) is 9.67 Å². The van der Waals surface area contributed by atoms with Gasteiger partial charge < -0.3 is 9.88 Å². The number of hydrogen-bond donors (Lipinski definition) is 1.